The standard InChI is InChI=1S/C25H23ClN2O/c1-2-3-14-27-24(29)16-19-15-23(18-8-11-20(26)12-9-18)28-22-13-10-17-6-4-5-7-21(17)25(19)22/h4-13,15H,2-3,14,16H2,1H3,(H,27,29). The Morgan fingerprint density at radius 2 is 1.83 bits per heavy atom. The Labute approximate surface area is 175 Å². The van der Waals surface area contributed by atoms with Crippen LogP contribution in [0.5, 0.6) is 0 Å². The summed E-state index contributed by atoms with van der Waals surface area (Å²) >= 11 is 6.05. The van der Waals surface area contributed by atoms with Crippen molar-refractivity contribution in [1.82, 2.24) is 10.3 Å². The van der Waals surface area contributed by atoms with Gasteiger partial charge in [0.15, 0.2) is 0 Å². The van der Waals surface area contributed by atoms with Gasteiger partial charge >= 0.3 is 0 Å². The lowest BCUT2D eigenvalue weighted by Gasteiger charge is -2.13. The second-order valence-corrected chi connectivity index (χ2v) is 7.67. The minimum atomic E-state index is 0.0425. The number of aromatic nitrogens is 1. The van der Waals surface area contributed by atoms with E-state index in [0.717, 1.165) is 51.3 Å². The number of rotatable bonds is 6. The number of pyridine rings is 1. The summed E-state index contributed by atoms with van der Waals surface area (Å²) in [6.07, 6.45) is 2.38. The van der Waals surface area contributed by atoms with Gasteiger partial charge in [0.1, 0.15) is 0 Å². The average molecular weight is 403 g/mol. The van der Waals surface area contributed by atoms with Gasteiger partial charge in [-0.25, -0.2) is 4.98 Å². The van der Waals surface area contributed by atoms with Crippen LogP contribution < -0.4 is 5.32 Å². The highest BCUT2D eigenvalue weighted by Crippen LogP contribution is 2.31. The van der Waals surface area contributed by atoms with Gasteiger partial charge in [0.25, 0.3) is 0 Å². The number of nitrogens with zero attached hydrogens (tertiary/aromatic N) is 1. The van der Waals surface area contributed by atoms with Gasteiger partial charge in [0, 0.05) is 22.5 Å². The molecule has 0 fully saturated rings. The molecule has 1 amide bonds. The Balaban J connectivity index is 1.84. The van der Waals surface area contributed by atoms with Crippen LogP contribution in [0.4, 0.5) is 0 Å². The smallest absolute Gasteiger partial charge is 0.224 e. The molecule has 0 unspecified atom stereocenters. The van der Waals surface area contributed by atoms with Crippen molar-refractivity contribution in [3.05, 3.63) is 77.3 Å². The van der Waals surface area contributed by atoms with Crippen molar-refractivity contribution in [3.8, 4) is 11.3 Å². The van der Waals surface area contributed by atoms with Crippen LogP contribution in [0.15, 0.2) is 66.7 Å². The van der Waals surface area contributed by atoms with Crippen LogP contribution in [0.25, 0.3) is 32.9 Å². The maximum absolute atomic E-state index is 12.6. The molecule has 4 rings (SSSR count). The first-order chi connectivity index (χ1) is 14.2. The lowest BCUT2D eigenvalue weighted by Crippen LogP contribution is -2.26. The lowest BCUT2D eigenvalue weighted by atomic mass is 9.97. The van der Waals surface area contributed by atoms with Gasteiger partial charge in [0.05, 0.1) is 17.6 Å². The summed E-state index contributed by atoms with van der Waals surface area (Å²) in [5.74, 6) is 0.0425. The third-order valence-electron chi connectivity index (χ3n) is 5.12. The van der Waals surface area contributed by atoms with Gasteiger partial charge in [0.2, 0.25) is 5.91 Å². The molecule has 4 aromatic rings. The van der Waals surface area contributed by atoms with Crippen LogP contribution in [-0.4, -0.2) is 17.4 Å². The van der Waals surface area contributed by atoms with Gasteiger partial charge in [-0.2, -0.15) is 0 Å². The topological polar surface area (TPSA) is 42.0 Å². The Bertz CT molecular complexity index is 1170. The Morgan fingerprint density at radius 1 is 1.03 bits per heavy atom. The number of unbranched alkanes of at least 4 members (excludes halogenated alkanes) is 1. The summed E-state index contributed by atoms with van der Waals surface area (Å²) < 4.78 is 0. The fraction of sp³-hybridized carbons (Fsp3) is 0.200. The molecule has 0 atom stereocenters. The van der Waals surface area contributed by atoms with Crippen molar-refractivity contribution in [3.63, 3.8) is 0 Å². The highest BCUT2D eigenvalue weighted by molar-refractivity contribution is 6.30. The molecule has 0 saturated heterocycles. The van der Waals surface area contributed by atoms with E-state index in [1.54, 1.807) is 0 Å². The van der Waals surface area contributed by atoms with E-state index in [1.165, 1.54) is 0 Å². The Hall–Kier alpha value is -2.91. The fourth-order valence-corrected chi connectivity index (χ4v) is 3.76. The van der Waals surface area contributed by atoms with E-state index in [0.29, 0.717) is 18.0 Å². The molecule has 0 radical (unpaired) electrons. The van der Waals surface area contributed by atoms with Crippen LogP contribution in [0.3, 0.4) is 0 Å². The highest BCUT2D eigenvalue weighted by Gasteiger charge is 2.13. The van der Waals surface area contributed by atoms with E-state index in [-0.39, 0.29) is 5.91 Å². The predicted molar refractivity (Wildman–Crippen MR) is 121 cm³/mol. The van der Waals surface area contributed by atoms with E-state index in [4.69, 9.17) is 16.6 Å². The molecule has 0 spiro atoms. The maximum atomic E-state index is 12.6. The second kappa shape index (κ2) is 8.62. The molecule has 3 aromatic carbocycles. The van der Waals surface area contributed by atoms with Crippen LogP contribution in [0.1, 0.15) is 25.3 Å². The first-order valence-corrected chi connectivity index (χ1v) is 10.4. The molecule has 146 valence electrons. The summed E-state index contributed by atoms with van der Waals surface area (Å²) in [5, 5.41) is 7.04. The number of halogens is 1. The average Bonchev–Trinajstić information content (AvgIpc) is 2.74. The normalized spacial score (nSPS) is 11.1. The number of carbonyl (C=O) groups is 1. The first-order valence-electron chi connectivity index (χ1n) is 9.99. The molecule has 0 saturated carbocycles. The molecule has 0 bridgehead atoms. The van der Waals surface area contributed by atoms with Crippen molar-refractivity contribution < 1.29 is 4.79 Å². The van der Waals surface area contributed by atoms with Crippen LogP contribution in [-0.2, 0) is 11.2 Å². The molecule has 1 N–H and O–H groups in total. The number of carbonyl (C=O) groups excluding carboxylic acids is 1. The van der Waals surface area contributed by atoms with Crippen molar-refractivity contribution in [1.29, 1.82) is 0 Å². The summed E-state index contributed by atoms with van der Waals surface area (Å²) in [4.78, 5) is 17.5. The lowest BCUT2D eigenvalue weighted by molar-refractivity contribution is -0.120. The maximum Gasteiger partial charge on any atom is 0.224 e. The Morgan fingerprint density at radius 3 is 2.62 bits per heavy atom. The van der Waals surface area contributed by atoms with Gasteiger partial charge in [-0.05, 0) is 47.0 Å². The van der Waals surface area contributed by atoms with Crippen molar-refractivity contribution in [2.75, 3.05) is 6.54 Å². The van der Waals surface area contributed by atoms with E-state index in [1.807, 2.05) is 48.5 Å². The molecule has 4 heteroatoms. The number of hydrogen-bond donors (Lipinski definition) is 1. The zero-order chi connectivity index (χ0) is 20.2. The van der Waals surface area contributed by atoms with Gasteiger partial charge in [-0.1, -0.05) is 67.4 Å². The zero-order valence-electron chi connectivity index (χ0n) is 16.4. The summed E-state index contributed by atoms with van der Waals surface area (Å²) in [7, 11) is 0. The van der Waals surface area contributed by atoms with Crippen molar-refractivity contribution in [2.45, 2.75) is 26.2 Å². The number of nitrogens with one attached hydrogen (secondary N) is 1. The molecule has 0 aliphatic carbocycles. The van der Waals surface area contributed by atoms with Gasteiger partial charge in [-0.15, -0.1) is 0 Å². The molecular weight excluding hydrogens is 380 g/mol. The molecule has 0 aliphatic heterocycles. The van der Waals surface area contributed by atoms with Crippen LogP contribution in [0, 0.1) is 0 Å². The monoisotopic (exact) mass is 402 g/mol. The molecule has 29 heavy (non-hydrogen) atoms. The zero-order valence-corrected chi connectivity index (χ0v) is 17.2. The number of benzene rings is 3. The SMILES string of the molecule is CCCCNC(=O)Cc1cc(-c2ccc(Cl)cc2)nc2ccc3ccccc3c12. The minimum absolute atomic E-state index is 0.0425. The number of hydrogen-bond acceptors (Lipinski definition) is 2. The van der Waals surface area contributed by atoms with Crippen LogP contribution >= 0.6 is 11.6 Å². The summed E-state index contributed by atoms with van der Waals surface area (Å²) in [6.45, 7) is 2.83. The van der Waals surface area contributed by atoms with E-state index in [2.05, 4.69) is 30.4 Å². The number of amides is 1. The Kier molecular flexibility index (Phi) is 5.77. The van der Waals surface area contributed by atoms with Gasteiger partial charge in [-0.3, -0.25) is 4.79 Å². The molecule has 1 heterocycles. The third-order valence-corrected chi connectivity index (χ3v) is 5.38. The second-order valence-electron chi connectivity index (χ2n) is 7.23. The van der Waals surface area contributed by atoms with Gasteiger partial charge < -0.3 is 5.32 Å². The molecule has 3 nitrogen and oxygen atoms in total. The van der Waals surface area contributed by atoms with E-state index in [9.17, 15) is 4.79 Å². The fourth-order valence-electron chi connectivity index (χ4n) is 3.64. The quantitative estimate of drug-likeness (QED) is 0.309. The predicted octanol–water partition coefficient (Wildman–Crippen LogP) is 6.17. The molecule has 0 aliphatic rings. The van der Waals surface area contributed by atoms with E-state index >= 15 is 0 Å². The first kappa shape index (κ1) is 19.4. The van der Waals surface area contributed by atoms with Crippen molar-refractivity contribution in [2.24, 2.45) is 0 Å². The highest BCUT2D eigenvalue weighted by atomic mass is 35.5. The molecule has 1 aromatic heterocycles. The third kappa shape index (κ3) is 4.25. The summed E-state index contributed by atoms with van der Waals surface area (Å²) in [6, 6.07) is 22.0. The largest absolute Gasteiger partial charge is 0.356 e. The van der Waals surface area contributed by atoms with Crippen molar-refractivity contribution >= 4 is 39.2 Å². The summed E-state index contributed by atoms with van der Waals surface area (Å²) in [5.41, 5.74) is 3.72. The minimum Gasteiger partial charge on any atom is -0.356 e. The number of fused-ring (bicyclic) bond motifs is 3. The molecular formula is C25H23ClN2O. The van der Waals surface area contributed by atoms with E-state index < -0.39 is 0 Å². The van der Waals surface area contributed by atoms with Crippen LogP contribution in [0.2, 0.25) is 5.02 Å².